The number of oxime groups is 1. The molecule has 2 bridgehead atoms. The highest BCUT2D eigenvalue weighted by molar-refractivity contribution is 5.99. The Balaban J connectivity index is 1.60. The zero-order chi connectivity index (χ0) is 30.7. The van der Waals surface area contributed by atoms with Crippen LogP contribution in [0.2, 0.25) is 0 Å². The topological polar surface area (TPSA) is 102 Å². The summed E-state index contributed by atoms with van der Waals surface area (Å²) >= 11 is 0. The summed E-state index contributed by atoms with van der Waals surface area (Å²) in [5.74, 6) is -5.72. The SMILES string of the molecule is C/C1=N/O/C=C\[C@H](CF)N2C[C@H](C1)n1cc(C(=O)NCc3c(F)cc(F)cc3F)c(=O)c(OCc3ccccc3)c1C2=O. The maximum absolute atomic E-state index is 14.2. The molecule has 0 radical (unpaired) electrons. The van der Waals surface area contributed by atoms with Crippen LogP contribution >= 0.6 is 0 Å². The van der Waals surface area contributed by atoms with Crippen molar-refractivity contribution in [3.05, 3.63) is 111 Å². The number of rotatable bonds is 7. The van der Waals surface area contributed by atoms with E-state index in [0.29, 0.717) is 23.4 Å². The number of benzene rings is 2. The molecule has 9 nitrogen and oxygen atoms in total. The van der Waals surface area contributed by atoms with E-state index in [1.54, 1.807) is 37.3 Å². The monoisotopic (exact) mass is 598 g/mol. The normalized spacial score (nSPS) is 19.9. The summed E-state index contributed by atoms with van der Waals surface area (Å²) in [6.45, 7) is -0.0911. The summed E-state index contributed by atoms with van der Waals surface area (Å²) in [5, 5.41) is 6.26. The third kappa shape index (κ3) is 6.15. The number of nitrogens with zero attached hydrogens (tertiary/aromatic N) is 3. The van der Waals surface area contributed by atoms with Crippen molar-refractivity contribution in [1.82, 2.24) is 14.8 Å². The molecule has 2 atom stereocenters. The van der Waals surface area contributed by atoms with Gasteiger partial charge in [-0.25, -0.2) is 17.6 Å². The molecule has 5 rings (SSSR count). The number of amides is 2. The van der Waals surface area contributed by atoms with Crippen molar-refractivity contribution in [1.29, 1.82) is 0 Å². The number of pyridine rings is 1. The smallest absolute Gasteiger partial charge is 0.275 e. The summed E-state index contributed by atoms with van der Waals surface area (Å²) in [4.78, 5) is 47.2. The van der Waals surface area contributed by atoms with Gasteiger partial charge in [0.25, 0.3) is 11.8 Å². The van der Waals surface area contributed by atoms with Gasteiger partial charge in [-0.1, -0.05) is 35.5 Å². The first-order valence-corrected chi connectivity index (χ1v) is 13.3. The van der Waals surface area contributed by atoms with Gasteiger partial charge in [-0.15, -0.1) is 0 Å². The fraction of sp³-hybridized carbons (Fsp3) is 0.267. The van der Waals surface area contributed by atoms with Gasteiger partial charge in [0.05, 0.1) is 17.8 Å². The first kappa shape index (κ1) is 29.5. The van der Waals surface area contributed by atoms with Gasteiger partial charge in [0, 0.05) is 43.4 Å². The lowest BCUT2D eigenvalue weighted by molar-refractivity contribution is 0.0574. The third-order valence-corrected chi connectivity index (χ3v) is 7.12. The lowest BCUT2D eigenvalue weighted by atomic mass is 10.0. The van der Waals surface area contributed by atoms with Gasteiger partial charge in [0.1, 0.15) is 42.6 Å². The van der Waals surface area contributed by atoms with Gasteiger partial charge >= 0.3 is 0 Å². The molecule has 0 fully saturated rings. The van der Waals surface area contributed by atoms with Gasteiger partial charge in [0.15, 0.2) is 11.4 Å². The van der Waals surface area contributed by atoms with Crippen LogP contribution in [-0.2, 0) is 18.0 Å². The molecule has 2 amide bonds. The minimum Gasteiger partial charge on any atom is -0.483 e. The molecule has 0 saturated carbocycles. The van der Waals surface area contributed by atoms with Crippen molar-refractivity contribution in [3.63, 3.8) is 0 Å². The molecule has 0 unspecified atom stereocenters. The van der Waals surface area contributed by atoms with E-state index in [1.807, 2.05) is 0 Å². The van der Waals surface area contributed by atoms with Gasteiger partial charge in [-0.3, -0.25) is 14.4 Å². The van der Waals surface area contributed by atoms with E-state index >= 15 is 0 Å². The average molecular weight is 599 g/mol. The third-order valence-electron chi connectivity index (χ3n) is 7.12. The fourth-order valence-corrected chi connectivity index (χ4v) is 4.98. The lowest BCUT2D eigenvalue weighted by Crippen LogP contribution is -2.50. The average Bonchev–Trinajstić information content (AvgIpc) is 2.98. The number of nitrogens with one attached hydrogen (secondary N) is 1. The van der Waals surface area contributed by atoms with Crippen molar-refractivity contribution in [3.8, 4) is 5.75 Å². The summed E-state index contributed by atoms with van der Waals surface area (Å²) in [5.41, 5.74) is -1.06. The standard InChI is InChI=1S/C30H26F4N4O5/c1-17-9-21-14-38(20(12-31)7-8-43-36-17)30(41)26-28(42-16-18-5-3-2-4-6-18)27(39)23(15-37(21)26)29(40)35-13-22-24(33)10-19(32)11-25(22)34/h2-8,10-11,15,20-21H,9,12-14,16H2,1H3,(H,35,40)/b8-7-,36-17-/t20-,21+/m1/s1. The second-order valence-corrected chi connectivity index (χ2v) is 10.1. The molecule has 0 aliphatic carbocycles. The zero-order valence-electron chi connectivity index (χ0n) is 22.9. The number of ether oxygens (including phenoxy) is 1. The maximum atomic E-state index is 14.2. The lowest BCUT2D eigenvalue weighted by Gasteiger charge is -2.39. The molecule has 1 N–H and O–H groups in total. The highest BCUT2D eigenvalue weighted by atomic mass is 19.1. The molecule has 2 aliphatic heterocycles. The quantitative estimate of drug-likeness (QED) is 0.406. The number of hydrogen-bond acceptors (Lipinski definition) is 6. The van der Waals surface area contributed by atoms with Crippen LogP contribution in [0, 0.1) is 17.5 Å². The van der Waals surface area contributed by atoms with Crippen molar-refractivity contribution in [2.45, 2.75) is 38.6 Å². The van der Waals surface area contributed by atoms with Crippen LogP contribution in [0.1, 0.15) is 51.4 Å². The van der Waals surface area contributed by atoms with E-state index in [2.05, 4.69) is 10.5 Å². The summed E-state index contributed by atoms with van der Waals surface area (Å²) in [6.07, 6.45) is 3.87. The Hall–Kier alpha value is -4.94. The molecule has 0 saturated heterocycles. The minimum atomic E-state index is -1.22. The summed E-state index contributed by atoms with van der Waals surface area (Å²) in [7, 11) is 0. The fourth-order valence-electron chi connectivity index (χ4n) is 4.98. The molecule has 13 heteroatoms. The largest absolute Gasteiger partial charge is 0.483 e. The molecule has 3 heterocycles. The van der Waals surface area contributed by atoms with Crippen molar-refractivity contribution >= 4 is 17.5 Å². The predicted octanol–water partition coefficient (Wildman–Crippen LogP) is 4.42. The molecular weight excluding hydrogens is 572 g/mol. The van der Waals surface area contributed by atoms with Crippen LogP contribution in [0.3, 0.4) is 0 Å². The number of halogens is 4. The number of fused-ring (bicyclic) bond motifs is 4. The van der Waals surface area contributed by atoms with Crippen LogP contribution in [0.25, 0.3) is 0 Å². The first-order chi connectivity index (χ1) is 20.7. The molecule has 2 aromatic carbocycles. The van der Waals surface area contributed by atoms with E-state index < -0.39 is 76.9 Å². The molecule has 2 aliphatic rings. The van der Waals surface area contributed by atoms with E-state index in [1.165, 1.54) is 28.0 Å². The van der Waals surface area contributed by atoms with Gasteiger partial charge in [-0.2, -0.15) is 0 Å². The van der Waals surface area contributed by atoms with Crippen molar-refractivity contribution in [2.75, 3.05) is 13.2 Å². The highest BCUT2D eigenvalue weighted by Crippen LogP contribution is 2.32. The van der Waals surface area contributed by atoms with Crippen LogP contribution in [0.15, 0.2) is 70.9 Å². The Morgan fingerprint density at radius 1 is 1.14 bits per heavy atom. The van der Waals surface area contributed by atoms with Crippen molar-refractivity contribution < 1.29 is 36.7 Å². The Morgan fingerprint density at radius 2 is 1.86 bits per heavy atom. The van der Waals surface area contributed by atoms with Gasteiger partial charge < -0.3 is 24.4 Å². The summed E-state index contributed by atoms with van der Waals surface area (Å²) < 4.78 is 63.1. The maximum Gasteiger partial charge on any atom is 0.275 e. The molecule has 1 aromatic heterocycles. The molecular formula is C30H26F4N4O5. The Bertz CT molecular complexity index is 1650. The second-order valence-electron chi connectivity index (χ2n) is 10.1. The predicted molar refractivity (Wildman–Crippen MR) is 147 cm³/mol. The minimum absolute atomic E-state index is 0.00563. The molecule has 0 spiro atoms. The molecule has 224 valence electrons. The zero-order valence-corrected chi connectivity index (χ0v) is 22.9. The molecule has 3 aromatic rings. The second kappa shape index (κ2) is 12.5. The van der Waals surface area contributed by atoms with Gasteiger partial charge in [0.2, 0.25) is 5.43 Å². The Labute approximate surface area is 243 Å². The first-order valence-electron chi connectivity index (χ1n) is 13.3. The molecule has 43 heavy (non-hydrogen) atoms. The van der Waals surface area contributed by atoms with E-state index in [0.717, 1.165) is 0 Å². The number of aromatic nitrogens is 1. The Kier molecular flexibility index (Phi) is 8.60. The van der Waals surface area contributed by atoms with E-state index in [4.69, 9.17) is 9.57 Å². The van der Waals surface area contributed by atoms with E-state index in [9.17, 15) is 31.9 Å². The Morgan fingerprint density at radius 3 is 2.56 bits per heavy atom. The summed E-state index contributed by atoms with van der Waals surface area (Å²) in [6, 6.07) is 8.04. The number of alkyl halides is 1. The van der Waals surface area contributed by atoms with Crippen LogP contribution < -0.4 is 15.5 Å². The van der Waals surface area contributed by atoms with E-state index in [-0.39, 0.29) is 25.3 Å². The van der Waals surface area contributed by atoms with Crippen LogP contribution in [0.4, 0.5) is 17.6 Å². The van der Waals surface area contributed by atoms with Gasteiger partial charge in [-0.05, 0) is 18.6 Å². The number of carbonyl (C=O) groups excluding carboxylic acids is 2. The number of hydrogen-bond donors (Lipinski definition) is 1. The van der Waals surface area contributed by atoms with Crippen LogP contribution in [0.5, 0.6) is 5.75 Å². The van der Waals surface area contributed by atoms with Crippen LogP contribution in [-0.4, -0.2) is 46.3 Å². The highest BCUT2D eigenvalue weighted by Gasteiger charge is 2.39. The number of carbonyl (C=O) groups is 2. The van der Waals surface area contributed by atoms with Crippen molar-refractivity contribution in [2.24, 2.45) is 5.16 Å².